The first-order valence-corrected chi connectivity index (χ1v) is 10.9. The van der Waals surface area contributed by atoms with E-state index in [0.717, 1.165) is 0 Å². The van der Waals surface area contributed by atoms with Crippen LogP contribution in [0, 0.1) is 0 Å². The highest BCUT2D eigenvalue weighted by atomic mass is 35.5. The molecule has 1 saturated heterocycles. The summed E-state index contributed by atoms with van der Waals surface area (Å²) in [7, 11) is -3.65. The molecule has 1 aliphatic heterocycles. The number of hydrogen-bond acceptors (Lipinski definition) is 5. The van der Waals surface area contributed by atoms with Crippen LogP contribution in [0.1, 0.15) is 13.8 Å². The van der Waals surface area contributed by atoms with E-state index in [-0.39, 0.29) is 4.90 Å². The number of sulfonamides is 1. The van der Waals surface area contributed by atoms with Gasteiger partial charge in [0, 0.05) is 23.8 Å². The molecule has 1 aliphatic rings. The van der Waals surface area contributed by atoms with Crippen LogP contribution in [-0.2, 0) is 19.6 Å². The van der Waals surface area contributed by atoms with Crippen molar-refractivity contribution in [3.05, 3.63) is 53.6 Å². The molecule has 1 heterocycles. The lowest BCUT2D eigenvalue weighted by Gasteiger charge is -2.27. The Morgan fingerprint density at radius 2 is 1.79 bits per heavy atom. The van der Waals surface area contributed by atoms with Gasteiger partial charge in [-0.05, 0) is 56.3 Å². The van der Waals surface area contributed by atoms with Crippen LogP contribution in [0.25, 0.3) is 0 Å². The molecule has 0 aliphatic carbocycles. The minimum absolute atomic E-state index is 0.119. The topological polar surface area (TPSA) is 84.9 Å². The lowest BCUT2D eigenvalue weighted by Crippen LogP contribution is -2.42. The Hall–Kier alpha value is -2.13. The fraction of sp³-hybridized carbons (Fsp3) is 0.350. The van der Waals surface area contributed by atoms with Gasteiger partial charge in [0.2, 0.25) is 10.0 Å². The summed E-state index contributed by atoms with van der Waals surface area (Å²) in [6.45, 7) is 4.61. The van der Waals surface area contributed by atoms with Gasteiger partial charge in [-0.25, -0.2) is 8.42 Å². The van der Waals surface area contributed by atoms with Crippen molar-refractivity contribution >= 4 is 33.2 Å². The maximum Gasteiger partial charge on any atom is 0.267 e. The zero-order chi connectivity index (χ0) is 21.1. The van der Waals surface area contributed by atoms with Gasteiger partial charge in [0.25, 0.3) is 5.91 Å². The number of ether oxygens (including phenoxy) is 2. The fourth-order valence-corrected chi connectivity index (χ4v) is 4.38. The van der Waals surface area contributed by atoms with Gasteiger partial charge in [-0.15, -0.1) is 0 Å². The maximum absolute atomic E-state index is 12.8. The molecule has 2 aromatic rings. The minimum atomic E-state index is -3.65. The normalized spacial score (nSPS) is 15.7. The van der Waals surface area contributed by atoms with Crippen LogP contribution in [0.2, 0.25) is 5.02 Å². The number of hydrogen-bond donors (Lipinski definition) is 1. The second-order valence-electron chi connectivity index (χ2n) is 7.06. The van der Waals surface area contributed by atoms with Crippen molar-refractivity contribution in [1.82, 2.24) is 4.31 Å². The van der Waals surface area contributed by atoms with Crippen molar-refractivity contribution < 1.29 is 22.7 Å². The predicted octanol–water partition coefficient (Wildman–Crippen LogP) is 3.16. The fourth-order valence-electron chi connectivity index (χ4n) is 2.80. The lowest BCUT2D eigenvalue weighted by atomic mass is 10.1. The Labute approximate surface area is 175 Å². The number of morpholine rings is 1. The number of rotatable bonds is 6. The van der Waals surface area contributed by atoms with Crippen molar-refractivity contribution in [1.29, 1.82) is 0 Å². The minimum Gasteiger partial charge on any atom is -0.478 e. The van der Waals surface area contributed by atoms with E-state index in [1.165, 1.54) is 16.4 Å². The van der Waals surface area contributed by atoms with E-state index < -0.39 is 21.5 Å². The first kappa shape index (κ1) is 21.6. The smallest absolute Gasteiger partial charge is 0.267 e. The summed E-state index contributed by atoms with van der Waals surface area (Å²) in [5.74, 6) is 0.0894. The Kier molecular flexibility index (Phi) is 6.48. The first-order chi connectivity index (χ1) is 13.7. The van der Waals surface area contributed by atoms with Gasteiger partial charge < -0.3 is 14.8 Å². The van der Waals surface area contributed by atoms with E-state index in [9.17, 15) is 13.2 Å². The van der Waals surface area contributed by atoms with Crippen LogP contribution in [0.15, 0.2) is 53.4 Å². The predicted molar refractivity (Wildman–Crippen MR) is 111 cm³/mol. The van der Waals surface area contributed by atoms with Crippen molar-refractivity contribution in [2.75, 3.05) is 31.6 Å². The first-order valence-electron chi connectivity index (χ1n) is 9.12. The third kappa shape index (κ3) is 5.27. The molecule has 2 aromatic carbocycles. The largest absolute Gasteiger partial charge is 0.478 e. The highest BCUT2D eigenvalue weighted by molar-refractivity contribution is 7.89. The second kappa shape index (κ2) is 8.71. The van der Waals surface area contributed by atoms with Crippen LogP contribution in [-0.4, -0.2) is 50.5 Å². The summed E-state index contributed by atoms with van der Waals surface area (Å²) in [5.41, 5.74) is -0.815. The number of nitrogens with one attached hydrogen (secondary N) is 1. The Bertz CT molecular complexity index is 971. The van der Waals surface area contributed by atoms with Gasteiger partial charge >= 0.3 is 0 Å². The standard InChI is InChI=1S/C20H23ClN2O5S/c1-20(2,28-17-8-6-15(21)7-9-17)19(24)22-16-4-3-5-18(14-16)29(25,26)23-10-12-27-13-11-23/h3-9,14H,10-13H2,1-2H3,(H,22,24). The molecule has 0 bridgehead atoms. The van der Waals surface area contributed by atoms with E-state index in [1.807, 2.05) is 0 Å². The Morgan fingerprint density at radius 3 is 2.45 bits per heavy atom. The van der Waals surface area contributed by atoms with Crippen molar-refractivity contribution in [2.45, 2.75) is 24.3 Å². The summed E-state index contributed by atoms with van der Waals surface area (Å²) >= 11 is 5.87. The zero-order valence-corrected chi connectivity index (χ0v) is 17.8. The number of anilines is 1. The summed E-state index contributed by atoms with van der Waals surface area (Å²) in [5, 5.41) is 3.30. The molecule has 0 radical (unpaired) electrons. The zero-order valence-electron chi connectivity index (χ0n) is 16.2. The van der Waals surface area contributed by atoms with Crippen molar-refractivity contribution in [3.63, 3.8) is 0 Å². The molecule has 0 saturated carbocycles. The highest BCUT2D eigenvalue weighted by Gasteiger charge is 2.31. The molecule has 0 aromatic heterocycles. The molecule has 1 amide bonds. The summed E-state index contributed by atoms with van der Waals surface area (Å²) in [4.78, 5) is 12.8. The van der Waals surface area contributed by atoms with Crippen LogP contribution in [0.5, 0.6) is 5.75 Å². The summed E-state index contributed by atoms with van der Waals surface area (Å²) < 4.78 is 38.0. The number of carbonyl (C=O) groups is 1. The molecule has 1 fully saturated rings. The molecule has 0 unspecified atom stereocenters. The van der Waals surface area contributed by atoms with Crippen LogP contribution in [0.3, 0.4) is 0 Å². The summed E-state index contributed by atoms with van der Waals surface area (Å²) in [6.07, 6.45) is 0. The van der Waals surface area contributed by atoms with Gasteiger partial charge in [0.1, 0.15) is 5.75 Å². The average Bonchev–Trinajstić information content (AvgIpc) is 2.70. The van der Waals surface area contributed by atoms with E-state index in [4.69, 9.17) is 21.1 Å². The summed E-state index contributed by atoms with van der Waals surface area (Å²) in [6, 6.07) is 12.9. The van der Waals surface area contributed by atoms with Gasteiger partial charge in [-0.1, -0.05) is 17.7 Å². The van der Waals surface area contributed by atoms with Crippen molar-refractivity contribution in [2.24, 2.45) is 0 Å². The van der Waals surface area contributed by atoms with E-state index in [1.54, 1.807) is 50.2 Å². The number of amides is 1. The quantitative estimate of drug-likeness (QED) is 0.748. The van der Waals surface area contributed by atoms with Crippen molar-refractivity contribution in [3.8, 4) is 5.75 Å². The molecule has 1 N–H and O–H groups in total. The van der Waals surface area contributed by atoms with Gasteiger partial charge in [0.05, 0.1) is 18.1 Å². The number of carbonyl (C=O) groups excluding carboxylic acids is 1. The molecule has 0 atom stereocenters. The van der Waals surface area contributed by atoms with Crippen LogP contribution in [0.4, 0.5) is 5.69 Å². The Balaban J connectivity index is 1.73. The second-order valence-corrected chi connectivity index (χ2v) is 9.44. The molecule has 3 rings (SSSR count). The molecule has 29 heavy (non-hydrogen) atoms. The third-order valence-electron chi connectivity index (χ3n) is 4.43. The molecule has 0 spiro atoms. The molecule has 9 heteroatoms. The van der Waals surface area contributed by atoms with Gasteiger partial charge in [-0.3, -0.25) is 4.79 Å². The van der Waals surface area contributed by atoms with E-state index in [2.05, 4.69) is 5.32 Å². The number of halogens is 1. The maximum atomic E-state index is 12.8. The number of benzene rings is 2. The van der Waals surface area contributed by atoms with Gasteiger partial charge in [0.15, 0.2) is 5.60 Å². The number of nitrogens with zero attached hydrogens (tertiary/aromatic N) is 1. The average molecular weight is 439 g/mol. The highest BCUT2D eigenvalue weighted by Crippen LogP contribution is 2.24. The monoisotopic (exact) mass is 438 g/mol. The van der Waals surface area contributed by atoms with Crippen LogP contribution >= 0.6 is 11.6 Å². The molecular weight excluding hydrogens is 416 g/mol. The molecule has 7 nitrogen and oxygen atoms in total. The van der Waals surface area contributed by atoms with E-state index >= 15 is 0 Å². The molecular formula is C20H23ClN2O5S. The SMILES string of the molecule is CC(C)(Oc1ccc(Cl)cc1)C(=O)Nc1cccc(S(=O)(=O)N2CCOCC2)c1. The van der Waals surface area contributed by atoms with E-state index in [0.29, 0.717) is 42.8 Å². The molecule has 156 valence electrons. The lowest BCUT2D eigenvalue weighted by molar-refractivity contribution is -0.128. The third-order valence-corrected chi connectivity index (χ3v) is 6.58. The Morgan fingerprint density at radius 1 is 1.14 bits per heavy atom. The van der Waals surface area contributed by atoms with Gasteiger partial charge in [-0.2, -0.15) is 4.31 Å². The van der Waals surface area contributed by atoms with Crippen LogP contribution < -0.4 is 10.1 Å².